The molecule has 2 aromatic rings. The summed E-state index contributed by atoms with van der Waals surface area (Å²) in [5, 5.41) is 0.371. The third-order valence-corrected chi connectivity index (χ3v) is 4.16. The third kappa shape index (κ3) is 3.47. The predicted octanol–water partition coefficient (Wildman–Crippen LogP) is 4.11. The molecule has 0 N–H and O–H groups in total. The number of thiophene rings is 1. The summed E-state index contributed by atoms with van der Waals surface area (Å²) in [6, 6.07) is 5.39. The van der Waals surface area contributed by atoms with Crippen molar-refractivity contribution in [2.45, 2.75) is 13.5 Å². The molecule has 2 heterocycles. The molecule has 0 aliphatic carbocycles. The van der Waals surface area contributed by atoms with Gasteiger partial charge < -0.3 is 4.90 Å². The van der Waals surface area contributed by atoms with E-state index < -0.39 is 0 Å². The zero-order valence-corrected chi connectivity index (χ0v) is 12.6. The maximum Gasteiger partial charge on any atom is 0.255 e. The van der Waals surface area contributed by atoms with Crippen LogP contribution in [0.25, 0.3) is 0 Å². The average molecular weight is 315 g/mol. The van der Waals surface area contributed by atoms with Gasteiger partial charge in [0.05, 0.1) is 21.5 Å². The highest BCUT2D eigenvalue weighted by molar-refractivity contribution is 7.16. The van der Waals surface area contributed by atoms with Crippen molar-refractivity contribution >= 4 is 40.4 Å². The maximum absolute atomic E-state index is 12.4. The number of rotatable bonds is 4. The summed E-state index contributed by atoms with van der Waals surface area (Å²) in [7, 11) is 0. The van der Waals surface area contributed by atoms with E-state index in [0.717, 1.165) is 9.21 Å². The molecule has 0 atom stereocenters. The van der Waals surface area contributed by atoms with Crippen LogP contribution in [-0.2, 0) is 6.54 Å². The Morgan fingerprint density at radius 3 is 2.74 bits per heavy atom. The number of carbonyl (C=O) groups excluding carboxylic acids is 1. The van der Waals surface area contributed by atoms with Gasteiger partial charge in [0.1, 0.15) is 0 Å². The van der Waals surface area contributed by atoms with Crippen molar-refractivity contribution < 1.29 is 4.79 Å². The van der Waals surface area contributed by atoms with Crippen LogP contribution in [-0.4, -0.2) is 22.3 Å². The van der Waals surface area contributed by atoms with Gasteiger partial charge in [-0.25, -0.2) is 0 Å². The van der Waals surface area contributed by atoms with Crippen LogP contribution in [0.15, 0.2) is 30.6 Å². The molecule has 2 rings (SSSR count). The summed E-state index contributed by atoms with van der Waals surface area (Å²) in [5.41, 5.74) is 0.473. The number of hydrogen-bond acceptors (Lipinski definition) is 3. The smallest absolute Gasteiger partial charge is 0.255 e. The highest BCUT2D eigenvalue weighted by atomic mass is 35.5. The van der Waals surface area contributed by atoms with Crippen molar-refractivity contribution in [3.05, 3.63) is 50.4 Å². The van der Waals surface area contributed by atoms with Crippen molar-refractivity contribution in [3.8, 4) is 0 Å². The molecular weight excluding hydrogens is 303 g/mol. The van der Waals surface area contributed by atoms with E-state index in [1.807, 2.05) is 19.1 Å². The van der Waals surface area contributed by atoms with Gasteiger partial charge in [-0.2, -0.15) is 0 Å². The molecule has 2 aromatic heterocycles. The fraction of sp³-hybridized carbons (Fsp3) is 0.231. The number of aromatic nitrogens is 1. The largest absolute Gasteiger partial charge is 0.334 e. The molecule has 3 nitrogen and oxygen atoms in total. The van der Waals surface area contributed by atoms with Crippen molar-refractivity contribution in [1.29, 1.82) is 0 Å². The van der Waals surface area contributed by atoms with E-state index in [9.17, 15) is 4.79 Å². The van der Waals surface area contributed by atoms with Crippen molar-refractivity contribution in [1.82, 2.24) is 9.88 Å². The van der Waals surface area contributed by atoms with Gasteiger partial charge in [-0.3, -0.25) is 9.78 Å². The fourth-order valence-electron chi connectivity index (χ4n) is 1.67. The molecule has 0 bridgehead atoms. The summed E-state index contributed by atoms with van der Waals surface area (Å²) in [6.45, 7) is 3.07. The van der Waals surface area contributed by atoms with E-state index in [0.29, 0.717) is 23.7 Å². The van der Waals surface area contributed by atoms with Gasteiger partial charge >= 0.3 is 0 Å². The number of amides is 1. The molecule has 6 heteroatoms. The molecule has 0 aliphatic rings. The van der Waals surface area contributed by atoms with E-state index in [-0.39, 0.29) is 5.91 Å². The van der Waals surface area contributed by atoms with Gasteiger partial charge in [0.25, 0.3) is 5.91 Å². The van der Waals surface area contributed by atoms with Crippen molar-refractivity contribution in [2.75, 3.05) is 6.54 Å². The lowest BCUT2D eigenvalue weighted by atomic mass is 10.2. The predicted molar refractivity (Wildman–Crippen MR) is 79.0 cm³/mol. The van der Waals surface area contributed by atoms with Gasteiger partial charge in [-0.15, -0.1) is 11.3 Å². The molecular formula is C13H12Cl2N2OS. The molecule has 0 aromatic carbocycles. The highest BCUT2D eigenvalue weighted by Gasteiger charge is 2.17. The molecule has 0 saturated heterocycles. The number of carbonyl (C=O) groups is 1. The molecule has 0 unspecified atom stereocenters. The third-order valence-electron chi connectivity index (χ3n) is 2.65. The van der Waals surface area contributed by atoms with Crippen LogP contribution in [0, 0.1) is 0 Å². The van der Waals surface area contributed by atoms with Crippen LogP contribution in [0.3, 0.4) is 0 Å². The minimum absolute atomic E-state index is 0.0978. The quantitative estimate of drug-likeness (QED) is 0.850. The van der Waals surface area contributed by atoms with E-state index in [1.54, 1.807) is 17.2 Å². The number of hydrogen-bond donors (Lipinski definition) is 0. The number of halogens is 2. The minimum atomic E-state index is -0.0978. The number of nitrogens with zero attached hydrogens (tertiary/aromatic N) is 2. The lowest BCUT2D eigenvalue weighted by molar-refractivity contribution is 0.0754. The molecule has 100 valence electrons. The Morgan fingerprint density at radius 1 is 1.37 bits per heavy atom. The van der Waals surface area contributed by atoms with Gasteiger partial charge in [-0.1, -0.05) is 23.2 Å². The van der Waals surface area contributed by atoms with Crippen molar-refractivity contribution in [3.63, 3.8) is 0 Å². The minimum Gasteiger partial charge on any atom is -0.334 e. The van der Waals surface area contributed by atoms with Gasteiger partial charge in [0.15, 0.2) is 0 Å². The Kier molecular flexibility index (Phi) is 4.80. The van der Waals surface area contributed by atoms with Crippen LogP contribution in [0.4, 0.5) is 0 Å². The van der Waals surface area contributed by atoms with Gasteiger partial charge in [-0.05, 0) is 25.1 Å². The topological polar surface area (TPSA) is 33.2 Å². The molecule has 1 amide bonds. The lowest BCUT2D eigenvalue weighted by Gasteiger charge is -2.20. The molecule has 19 heavy (non-hydrogen) atoms. The van der Waals surface area contributed by atoms with Crippen LogP contribution >= 0.6 is 34.5 Å². The van der Waals surface area contributed by atoms with E-state index in [4.69, 9.17) is 23.2 Å². The maximum atomic E-state index is 12.4. The Bertz CT molecular complexity index is 586. The fourth-order valence-corrected chi connectivity index (χ4v) is 2.97. The summed E-state index contributed by atoms with van der Waals surface area (Å²) < 4.78 is 0.723. The zero-order chi connectivity index (χ0) is 13.8. The standard InChI is InChI=1S/C13H12Cl2N2OS/c1-2-17(8-9-3-4-12(15)19-9)13(18)10-5-6-16-7-11(10)14/h3-7H,2,8H2,1H3. The summed E-state index contributed by atoms with van der Waals surface area (Å²) in [5.74, 6) is -0.0978. The normalized spacial score (nSPS) is 10.5. The first kappa shape index (κ1) is 14.3. The Morgan fingerprint density at radius 2 is 2.16 bits per heavy atom. The molecule has 0 spiro atoms. The van der Waals surface area contributed by atoms with Gasteiger partial charge in [0, 0.05) is 23.8 Å². The lowest BCUT2D eigenvalue weighted by Crippen LogP contribution is -2.30. The molecule has 0 radical (unpaired) electrons. The molecule has 0 saturated carbocycles. The summed E-state index contributed by atoms with van der Waals surface area (Å²) >= 11 is 13.4. The van der Waals surface area contributed by atoms with E-state index >= 15 is 0 Å². The summed E-state index contributed by atoms with van der Waals surface area (Å²) in [6.07, 6.45) is 3.04. The van der Waals surface area contributed by atoms with E-state index in [2.05, 4.69) is 4.98 Å². The first-order chi connectivity index (χ1) is 9.11. The van der Waals surface area contributed by atoms with Gasteiger partial charge in [0.2, 0.25) is 0 Å². The Labute approximate surface area is 125 Å². The second kappa shape index (κ2) is 6.37. The van der Waals surface area contributed by atoms with Crippen LogP contribution in [0.1, 0.15) is 22.2 Å². The Hall–Kier alpha value is -1.10. The molecule has 0 aliphatic heterocycles. The van der Waals surface area contributed by atoms with Crippen LogP contribution in [0.5, 0.6) is 0 Å². The van der Waals surface area contributed by atoms with Crippen LogP contribution in [0.2, 0.25) is 9.36 Å². The second-order valence-corrected chi connectivity index (χ2v) is 6.09. The first-order valence-electron chi connectivity index (χ1n) is 5.74. The summed E-state index contributed by atoms with van der Waals surface area (Å²) in [4.78, 5) is 19.0. The number of pyridine rings is 1. The molecule has 0 fully saturated rings. The van der Waals surface area contributed by atoms with Crippen molar-refractivity contribution in [2.24, 2.45) is 0 Å². The second-order valence-electron chi connectivity index (χ2n) is 3.88. The Balaban J connectivity index is 2.18. The SMILES string of the molecule is CCN(Cc1ccc(Cl)s1)C(=O)c1ccncc1Cl. The monoisotopic (exact) mass is 314 g/mol. The van der Waals surface area contributed by atoms with Crippen LogP contribution < -0.4 is 0 Å². The highest BCUT2D eigenvalue weighted by Crippen LogP contribution is 2.24. The first-order valence-corrected chi connectivity index (χ1v) is 7.32. The van der Waals surface area contributed by atoms with E-state index in [1.165, 1.54) is 17.5 Å². The zero-order valence-electron chi connectivity index (χ0n) is 10.3. The average Bonchev–Trinajstić information content (AvgIpc) is 2.81.